The molecule has 0 bridgehead atoms. The molecule has 0 aliphatic rings. The van der Waals surface area contributed by atoms with Crippen LogP contribution in [-0.4, -0.2) is 32.0 Å². The summed E-state index contributed by atoms with van der Waals surface area (Å²) in [5.74, 6) is 1.68. The van der Waals surface area contributed by atoms with Crippen molar-refractivity contribution < 1.29 is 0 Å². The molecule has 0 radical (unpaired) electrons. The van der Waals surface area contributed by atoms with Crippen molar-refractivity contribution in [2.75, 3.05) is 12.4 Å². The highest BCUT2D eigenvalue weighted by molar-refractivity contribution is 9.10. The van der Waals surface area contributed by atoms with Crippen LogP contribution < -0.4 is 5.32 Å². The summed E-state index contributed by atoms with van der Waals surface area (Å²) in [5, 5.41) is 11.1. The van der Waals surface area contributed by atoms with Crippen molar-refractivity contribution in [1.29, 1.82) is 0 Å². The standard InChI is InChI=1S/C12H17BrN6/c1-5-6-8-15-9(7(2)12(14-3)16-8)10-11(13)17-18-19(10)4/h5-6H2,1-4H3,(H,14,15,16). The summed E-state index contributed by atoms with van der Waals surface area (Å²) in [5.41, 5.74) is 2.73. The molecule has 102 valence electrons. The van der Waals surface area contributed by atoms with Crippen LogP contribution in [0.4, 0.5) is 5.82 Å². The van der Waals surface area contributed by atoms with E-state index in [0.717, 1.165) is 41.4 Å². The first-order valence-corrected chi connectivity index (χ1v) is 6.98. The number of hydrogen-bond donors (Lipinski definition) is 1. The number of halogens is 1. The summed E-state index contributed by atoms with van der Waals surface area (Å²) in [6, 6.07) is 0. The average Bonchev–Trinajstić information content (AvgIpc) is 2.71. The van der Waals surface area contributed by atoms with Gasteiger partial charge in [0.15, 0.2) is 4.60 Å². The zero-order valence-electron chi connectivity index (χ0n) is 11.5. The van der Waals surface area contributed by atoms with Crippen molar-refractivity contribution in [3.63, 3.8) is 0 Å². The molecule has 0 saturated heterocycles. The fraction of sp³-hybridized carbons (Fsp3) is 0.500. The van der Waals surface area contributed by atoms with Gasteiger partial charge in [-0.25, -0.2) is 14.6 Å². The van der Waals surface area contributed by atoms with Crippen LogP contribution in [-0.2, 0) is 13.5 Å². The van der Waals surface area contributed by atoms with Crippen LogP contribution in [0.3, 0.4) is 0 Å². The normalized spacial score (nSPS) is 10.8. The lowest BCUT2D eigenvalue weighted by atomic mass is 10.1. The lowest BCUT2D eigenvalue weighted by molar-refractivity contribution is 0.716. The van der Waals surface area contributed by atoms with Gasteiger partial charge in [-0.05, 0) is 29.3 Å². The highest BCUT2D eigenvalue weighted by Crippen LogP contribution is 2.29. The average molecular weight is 325 g/mol. The molecule has 2 aromatic heterocycles. The van der Waals surface area contributed by atoms with E-state index < -0.39 is 0 Å². The number of aromatic nitrogens is 5. The van der Waals surface area contributed by atoms with Crippen molar-refractivity contribution in [3.8, 4) is 11.4 Å². The molecular weight excluding hydrogens is 308 g/mol. The van der Waals surface area contributed by atoms with Gasteiger partial charge in [-0.15, -0.1) is 5.10 Å². The van der Waals surface area contributed by atoms with Crippen molar-refractivity contribution in [2.24, 2.45) is 7.05 Å². The second-order valence-corrected chi connectivity index (χ2v) is 5.07. The van der Waals surface area contributed by atoms with Gasteiger partial charge in [-0.2, -0.15) is 0 Å². The van der Waals surface area contributed by atoms with Crippen LogP contribution in [0.25, 0.3) is 11.4 Å². The molecule has 0 unspecified atom stereocenters. The number of aryl methyl sites for hydroxylation is 2. The summed E-state index contributed by atoms with van der Waals surface area (Å²) in [6.45, 7) is 4.11. The van der Waals surface area contributed by atoms with Crippen LogP contribution in [0.1, 0.15) is 24.7 Å². The van der Waals surface area contributed by atoms with Crippen molar-refractivity contribution in [1.82, 2.24) is 25.0 Å². The maximum atomic E-state index is 4.65. The van der Waals surface area contributed by atoms with E-state index in [9.17, 15) is 0 Å². The Morgan fingerprint density at radius 3 is 2.58 bits per heavy atom. The molecule has 0 amide bonds. The summed E-state index contributed by atoms with van der Waals surface area (Å²) < 4.78 is 2.41. The Kier molecular flexibility index (Phi) is 4.14. The van der Waals surface area contributed by atoms with Crippen LogP contribution in [0.5, 0.6) is 0 Å². The topological polar surface area (TPSA) is 68.5 Å². The minimum Gasteiger partial charge on any atom is -0.373 e. The molecule has 0 atom stereocenters. The number of anilines is 1. The van der Waals surface area contributed by atoms with E-state index in [1.807, 2.05) is 21.0 Å². The van der Waals surface area contributed by atoms with E-state index in [1.54, 1.807) is 4.68 Å². The Hall–Kier alpha value is -1.50. The molecular formula is C12H17BrN6. The van der Waals surface area contributed by atoms with Gasteiger partial charge < -0.3 is 5.32 Å². The van der Waals surface area contributed by atoms with Gasteiger partial charge in [0.2, 0.25) is 0 Å². The third-order valence-electron chi connectivity index (χ3n) is 2.91. The second-order valence-electron chi connectivity index (χ2n) is 4.31. The van der Waals surface area contributed by atoms with E-state index in [1.165, 1.54) is 0 Å². The highest BCUT2D eigenvalue weighted by Gasteiger charge is 2.18. The molecule has 2 rings (SSSR count). The first kappa shape index (κ1) is 13.9. The van der Waals surface area contributed by atoms with Gasteiger partial charge in [-0.1, -0.05) is 12.1 Å². The van der Waals surface area contributed by atoms with Gasteiger partial charge in [0.25, 0.3) is 0 Å². The van der Waals surface area contributed by atoms with Gasteiger partial charge >= 0.3 is 0 Å². The predicted molar refractivity (Wildman–Crippen MR) is 78.0 cm³/mol. The molecule has 6 nitrogen and oxygen atoms in total. The van der Waals surface area contributed by atoms with Crippen LogP contribution in [0, 0.1) is 6.92 Å². The van der Waals surface area contributed by atoms with Crippen LogP contribution >= 0.6 is 15.9 Å². The van der Waals surface area contributed by atoms with Crippen LogP contribution in [0.2, 0.25) is 0 Å². The van der Waals surface area contributed by atoms with Crippen molar-refractivity contribution in [2.45, 2.75) is 26.7 Å². The predicted octanol–water partition coefficient (Wildman–Crippen LogP) is 2.34. The lowest BCUT2D eigenvalue weighted by Gasteiger charge is -2.12. The molecule has 7 heteroatoms. The first-order valence-electron chi connectivity index (χ1n) is 6.19. The Balaban J connectivity index is 2.64. The monoisotopic (exact) mass is 324 g/mol. The third kappa shape index (κ3) is 2.60. The molecule has 0 spiro atoms. The van der Waals surface area contributed by atoms with E-state index in [2.05, 4.69) is 48.5 Å². The van der Waals surface area contributed by atoms with Gasteiger partial charge in [-0.3, -0.25) is 0 Å². The minimum absolute atomic E-state index is 0.696. The quantitative estimate of drug-likeness (QED) is 0.934. The minimum atomic E-state index is 0.696. The first-order chi connectivity index (χ1) is 9.08. The lowest BCUT2D eigenvalue weighted by Crippen LogP contribution is -2.07. The fourth-order valence-corrected chi connectivity index (χ4v) is 2.47. The Labute approximate surface area is 120 Å². The molecule has 0 aliphatic heterocycles. The Morgan fingerprint density at radius 1 is 1.32 bits per heavy atom. The molecule has 0 aromatic carbocycles. The second kappa shape index (κ2) is 5.64. The van der Waals surface area contributed by atoms with Gasteiger partial charge in [0, 0.05) is 26.1 Å². The van der Waals surface area contributed by atoms with Gasteiger partial charge in [0.1, 0.15) is 17.3 Å². The number of nitrogens with one attached hydrogen (secondary N) is 1. The molecule has 2 aromatic rings. The molecule has 2 heterocycles. The van der Waals surface area contributed by atoms with Gasteiger partial charge in [0.05, 0.1) is 5.69 Å². The summed E-state index contributed by atoms with van der Waals surface area (Å²) >= 11 is 3.42. The summed E-state index contributed by atoms with van der Waals surface area (Å²) in [6.07, 6.45) is 1.86. The van der Waals surface area contributed by atoms with Crippen molar-refractivity contribution in [3.05, 3.63) is 16.0 Å². The highest BCUT2D eigenvalue weighted by atomic mass is 79.9. The molecule has 19 heavy (non-hydrogen) atoms. The zero-order valence-corrected chi connectivity index (χ0v) is 13.1. The molecule has 0 fully saturated rings. The largest absolute Gasteiger partial charge is 0.373 e. The SMILES string of the molecule is CCCc1nc(NC)c(C)c(-c2c(Br)nnn2C)n1. The molecule has 0 aliphatic carbocycles. The van der Waals surface area contributed by atoms with E-state index in [0.29, 0.717) is 4.60 Å². The Bertz CT molecular complexity index is 573. The van der Waals surface area contributed by atoms with E-state index in [-0.39, 0.29) is 0 Å². The number of rotatable bonds is 4. The maximum absolute atomic E-state index is 4.65. The number of nitrogens with zero attached hydrogens (tertiary/aromatic N) is 5. The number of hydrogen-bond acceptors (Lipinski definition) is 5. The summed E-state index contributed by atoms with van der Waals surface area (Å²) in [7, 11) is 3.72. The molecule has 0 saturated carbocycles. The van der Waals surface area contributed by atoms with Crippen molar-refractivity contribution >= 4 is 21.7 Å². The zero-order chi connectivity index (χ0) is 14.0. The smallest absolute Gasteiger partial charge is 0.157 e. The Morgan fingerprint density at radius 2 is 2.05 bits per heavy atom. The maximum Gasteiger partial charge on any atom is 0.157 e. The van der Waals surface area contributed by atoms with Crippen LogP contribution in [0.15, 0.2) is 4.60 Å². The third-order valence-corrected chi connectivity index (χ3v) is 3.45. The fourth-order valence-electron chi connectivity index (χ4n) is 1.96. The summed E-state index contributed by atoms with van der Waals surface area (Å²) in [4.78, 5) is 9.18. The van der Waals surface area contributed by atoms with E-state index in [4.69, 9.17) is 0 Å². The molecule has 1 N–H and O–H groups in total. The van der Waals surface area contributed by atoms with E-state index >= 15 is 0 Å².